The Labute approximate surface area is 118 Å². The summed E-state index contributed by atoms with van der Waals surface area (Å²) in [6.07, 6.45) is 0. The first-order valence-electron chi connectivity index (χ1n) is 5.25. The quantitative estimate of drug-likeness (QED) is 0.652. The van der Waals surface area contributed by atoms with Crippen LogP contribution in [0.3, 0.4) is 0 Å². The molecule has 0 amide bonds. The fourth-order valence-electron chi connectivity index (χ4n) is 1.74. The van der Waals surface area contributed by atoms with Gasteiger partial charge in [-0.3, -0.25) is 0 Å². The van der Waals surface area contributed by atoms with E-state index < -0.39 is 0 Å². The molecular formula is C13H8Cl2N2S. The minimum atomic E-state index is 0.546. The second-order valence-corrected chi connectivity index (χ2v) is 5.71. The first-order chi connectivity index (χ1) is 8.65. The smallest absolute Gasteiger partial charge is 0.126 e. The van der Waals surface area contributed by atoms with Crippen LogP contribution in [0.5, 0.6) is 0 Å². The third-order valence-electron chi connectivity index (χ3n) is 2.63. The third kappa shape index (κ3) is 1.94. The largest absolute Gasteiger partial charge is 0.397 e. The van der Waals surface area contributed by atoms with Crippen LogP contribution in [-0.4, -0.2) is 4.98 Å². The minimum Gasteiger partial charge on any atom is -0.397 e. The van der Waals surface area contributed by atoms with Crippen LogP contribution >= 0.6 is 34.5 Å². The predicted molar refractivity (Wildman–Crippen MR) is 79.5 cm³/mol. The highest BCUT2D eigenvalue weighted by Crippen LogP contribution is 2.36. The first-order valence-corrected chi connectivity index (χ1v) is 6.83. The second kappa shape index (κ2) is 4.43. The van der Waals surface area contributed by atoms with Gasteiger partial charge in [0.05, 0.1) is 20.9 Å². The van der Waals surface area contributed by atoms with E-state index >= 15 is 0 Å². The number of para-hydroxylation sites is 1. The molecule has 90 valence electrons. The molecule has 3 rings (SSSR count). The maximum absolute atomic E-state index is 6.02. The van der Waals surface area contributed by atoms with Crippen molar-refractivity contribution in [3.05, 3.63) is 46.4 Å². The summed E-state index contributed by atoms with van der Waals surface area (Å²) in [5.74, 6) is 0. The Balaban J connectivity index is 2.22. The van der Waals surface area contributed by atoms with Crippen LogP contribution in [0.4, 0.5) is 5.69 Å². The summed E-state index contributed by atoms with van der Waals surface area (Å²) in [7, 11) is 0. The maximum atomic E-state index is 6.02. The lowest BCUT2D eigenvalue weighted by Crippen LogP contribution is -1.90. The van der Waals surface area contributed by atoms with E-state index in [4.69, 9.17) is 28.9 Å². The van der Waals surface area contributed by atoms with Gasteiger partial charge >= 0.3 is 0 Å². The molecule has 0 aliphatic heterocycles. The van der Waals surface area contributed by atoms with Gasteiger partial charge in [0, 0.05) is 10.6 Å². The molecular weight excluding hydrogens is 287 g/mol. The highest BCUT2D eigenvalue weighted by atomic mass is 35.5. The van der Waals surface area contributed by atoms with Crippen molar-refractivity contribution in [3.63, 3.8) is 0 Å². The number of benzene rings is 2. The van der Waals surface area contributed by atoms with Crippen molar-refractivity contribution < 1.29 is 0 Å². The van der Waals surface area contributed by atoms with E-state index in [9.17, 15) is 0 Å². The van der Waals surface area contributed by atoms with E-state index in [0.717, 1.165) is 20.8 Å². The van der Waals surface area contributed by atoms with Gasteiger partial charge in [-0.15, -0.1) is 11.3 Å². The number of nitrogens with zero attached hydrogens (tertiary/aromatic N) is 1. The highest BCUT2D eigenvalue weighted by molar-refractivity contribution is 7.21. The molecule has 0 fully saturated rings. The zero-order valence-corrected chi connectivity index (χ0v) is 11.5. The Morgan fingerprint density at radius 1 is 1.11 bits per heavy atom. The summed E-state index contributed by atoms with van der Waals surface area (Å²) in [5.41, 5.74) is 8.31. The molecule has 0 saturated carbocycles. The lowest BCUT2D eigenvalue weighted by molar-refractivity contribution is 1.48. The van der Waals surface area contributed by atoms with Gasteiger partial charge in [-0.05, 0) is 30.3 Å². The molecule has 2 nitrogen and oxygen atoms in total. The van der Waals surface area contributed by atoms with Crippen LogP contribution in [0.2, 0.25) is 10.0 Å². The molecule has 0 unspecified atom stereocenters. The van der Waals surface area contributed by atoms with E-state index in [1.807, 2.05) is 30.3 Å². The standard InChI is InChI=1S/C13H8Cl2N2S/c14-7-4-5-10-11(6-7)18-13(17-10)8-2-1-3-9(15)12(8)16/h1-6H,16H2. The van der Waals surface area contributed by atoms with Gasteiger partial charge in [-0.1, -0.05) is 29.3 Å². The zero-order valence-electron chi connectivity index (χ0n) is 9.15. The van der Waals surface area contributed by atoms with Crippen molar-refractivity contribution in [2.24, 2.45) is 0 Å². The number of thiazole rings is 1. The van der Waals surface area contributed by atoms with Crippen LogP contribution in [0, 0.1) is 0 Å². The Morgan fingerprint density at radius 2 is 1.94 bits per heavy atom. The van der Waals surface area contributed by atoms with Crippen LogP contribution in [0.25, 0.3) is 20.8 Å². The van der Waals surface area contributed by atoms with Gasteiger partial charge in [0.1, 0.15) is 5.01 Å². The molecule has 0 aliphatic carbocycles. The molecule has 3 aromatic rings. The molecule has 5 heteroatoms. The van der Waals surface area contributed by atoms with Crippen molar-refractivity contribution in [2.75, 3.05) is 5.73 Å². The molecule has 1 aromatic heterocycles. The Hall–Kier alpha value is -1.29. The Kier molecular flexibility index (Phi) is 2.90. The fraction of sp³-hybridized carbons (Fsp3) is 0. The second-order valence-electron chi connectivity index (χ2n) is 3.83. The molecule has 0 aliphatic rings. The summed E-state index contributed by atoms with van der Waals surface area (Å²) in [6, 6.07) is 11.2. The normalized spacial score (nSPS) is 11.0. The van der Waals surface area contributed by atoms with Gasteiger partial charge in [0.2, 0.25) is 0 Å². The van der Waals surface area contributed by atoms with Crippen LogP contribution in [-0.2, 0) is 0 Å². The summed E-state index contributed by atoms with van der Waals surface area (Å²) in [4.78, 5) is 4.55. The molecule has 18 heavy (non-hydrogen) atoms. The predicted octanol–water partition coefficient (Wildman–Crippen LogP) is 4.85. The number of hydrogen-bond acceptors (Lipinski definition) is 3. The van der Waals surface area contributed by atoms with E-state index in [0.29, 0.717) is 15.7 Å². The van der Waals surface area contributed by atoms with Crippen LogP contribution < -0.4 is 5.73 Å². The van der Waals surface area contributed by atoms with Crippen LogP contribution in [0.15, 0.2) is 36.4 Å². The van der Waals surface area contributed by atoms with Crippen molar-refractivity contribution >= 4 is 50.4 Å². The van der Waals surface area contributed by atoms with Gasteiger partial charge in [-0.2, -0.15) is 0 Å². The summed E-state index contributed by atoms with van der Waals surface area (Å²) in [5, 5.41) is 2.11. The Morgan fingerprint density at radius 3 is 2.78 bits per heavy atom. The number of hydrogen-bond donors (Lipinski definition) is 1. The fourth-order valence-corrected chi connectivity index (χ4v) is 3.19. The number of rotatable bonds is 1. The molecule has 0 saturated heterocycles. The third-order valence-corrected chi connectivity index (χ3v) is 4.25. The number of fused-ring (bicyclic) bond motifs is 1. The van der Waals surface area contributed by atoms with Gasteiger partial charge in [0.15, 0.2) is 0 Å². The average Bonchev–Trinajstić information content (AvgIpc) is 2.75. The number of aromatic nitrogens is 1. The summed E-state index contributed by atoms with van der Waals surface area (Å²) in [6.45, 7) is 0. The van der Waals surface area contributed by atoms with E-state index in [-0.39, 0.29) is 0 Å². The lowest BCUT2D eigenvalue weighted by Gasteiger charge is -2.02. The van der Waals surface area contributed by atoms with E-state index in [2.05, 4.69) is 4.98 Å². The van der Waals surface area contributed by atoms with Crippen molar-refractivity contribution in [1.82, 2.24) is 4.98 Å². The number of nitrogens with two attached hydrogens (primary N) is 1. The Bertz CT molecular complexity index is 737. The topological polar surface area (TPSA) is 38.9 Å². The van der Waals surface area contributed by atoms with Crippen molar-refractivity contribution in [2.45, 2.75) is 0 Å². The zero-order chi connectivity index (χ0) is 12.7. The first kappa shape index (κ1) is 11.8. The number of halogens is 2. The van der Waals surface area contributed by atoms with E-state index in [1.54, 1.807) is 17.4 Å². The molecule has 2 N–H and O–H groups in total. The van der Waals surface area contributed by atoms with Crippen molar-refractivity contribution in [3.8, 4) is 10.6 Å². The summed E-state index contributed by atoms with van der Waals surface area (Å²) >= 11 is 13.5. The van der Waals surface area contributed by atoms with Gasteiger partial charge in [-0.25, -0.2) is 4.98 Å². The SMILES string of the molecule is Nc1c(Cl)cccc1-c1nc2ccc(Cl)cc2s1. The molecule has 0 bridgehead atoms. The summed E-state index contributed by atoms with van der Waals surface area (Å²) < 4.78 is 1.04. The molecule has 0 atom stereocenters. The monoisotopic (exact) mass is 294 g/mol. The van der Waals surface area contributed by atoms with Gasteiger partial charge in [0.25, 0.3) is 0 Å². The number of nitrogen functional groups attached to an aromatic ring is 1. The minimum absolute atomic E-state index is 0.546. The van der Waals surface area contributed by atoms with E-state index in [1.165, 1.54) is 0 Å². The average molecular weight is 295 g/mol. The van der Waals surface area contributed by atoms with Crippen molar-refractivity contribution in [1.29, 1.82) is 0 Å². The maximum Gasteiger partial charge on any atom is 0.126 e. The lowest BCUT2D eigenvalue weighted by atomic mass is 10.2. The molecule has 0 spiro atoms. The number of anilines is 1. The highest BCUT2D eigenvalue weighted by Gasteiger charge is 2.11. The molecule has 0 radical (unpaired) electrons. The molecule has 2 aromatic carbocycles. The van der Waals surface area contributed by atoms with Gasteiger partial charge < -0.3 is 5.73 Å². The molecule has 1 heterocycles. The van der Waals surface area contributed by atoms with Crippen LogP contribution in [0.1, 0.15) is 0 Å².